The summed E-state index contributed by atoms with van der Waals surface area (Å²) in [6.45, 7) is 0. The predicted molar refractivity (Wildman–Crippen MR) is 87.3 cm³/mol. The first kappa shape index (κ1) is 25.7. The first-order valence-corrected chi connectivity index (χ1v) is 8.27. The van der Waals surface area contributed by atoms with E-state index >= 15 is 17.6 Å². The van der Waals surface area contributed by atoms with E-state index in [0.29, 0.717) is 0 Å². The van der Waals surface area contributed by atoms with Crippen molar-refractivity contribution >= 4 is 11.9 Å². The lowest BCUT2D eigenvalue weighted by Crippen LogP contribution is -2.35. The molecule has 0 amide bonds. The van der Waals surface area contributed by atoms with Gasteiger partial charge in [-0.25, -0.2) is 31.1 Å². The van der Waals surface area contributed by atoms with Crippen molar-refractivity contribution in [2.45, 2.75) is 18.3 Å². The number of hydrogen-bond acceptors (Lipinski definition) is 2. The molecule has 0 spiro atoms. The minimum atomic E-state index is -5.64. The van der Waals surface area contributed by atoms with E-state index in [1.165, 1.54) is 0 Å². The number of carboxylic acids is 2. The van der Waals surface area contributed by atoms with Crippen molar-refractivity contribution in [1.82, 2.24) is 0 Å². The highest BCUT2D eigenvalue weighted by molar-refractivity contribution is 5.93. The first-order valence-electron chi connectivity index (χ1n) is 8.27. The second kappa shape index (κ2) is 8.75. The van der Waals surface area contributed by atoms with Crippen LogP contribution in [0.5, 0.6) is 0 Å². The number of benzene rings is 2. The molecular weight excluding hydrogens is 482 g/mol. The fourth-order valence-corrected chi connectivity index (χ4v) is 2.80. The maximum absolute atomic E-state index is 15.1. The molecule has 2 aromatic carbocycles. The number of allylic oxidation sites excluding steroid dienone is 1. The molecule has 2 N–H and O–H groups in total. The van der Waals surface area contributed by atoms with Crippen molar-refractivity contribution in [2.75, 3.05) is 0 Å². The number of carbonyl (C=O) groups is 2. The summed E-state index contributed by atoms with van der Waals surface area (Å²) >= 11 is 0. The predicted octanol–water partition coefficient (Wildman–Crippen LogP) is 5.26. The van der Waals surface area contributed by atoms with E-state index < -0.39 is 87.4 Å². The van der Waals surface area contributed by atoms with Gasteiger partial charge in [-0.05, 0) is 24.3 Å². The number of hydrogen-bond donors (Lipinski definition) is 2. The van der Waals surface area contributed by atoms with Gasteiger partial charge in [0, 0.05) is 0 Å². The van der Waals surface area contributed by atoms with Crippen LogP contribution in [-0.2, 0) is 21.4 Å². The van der Waals surface area contributed by atoms with E-state index in [9.17, 15) is 35.9 Å². The monoisotopic (exact) mass is 490 g/mol. The van der Waals surface area contributed by atoms with Crippen molar-refractivity contribution in [3.63, 3.8) is 0 Å². The molecule has 0 heterocycles. The molecule has 0 atom stereocenters. The van der Waals surface area contributed by atoms with Gasteiger partial charge in [-0.15, -0.1) is 0 Å². The Kier molecular flexibility index (Phi) is 6.81. The smallest absolute Gasteiger partial charge is 0.332 e. The van der Waals surface area contributed by atoms with Crippen LogP contribution in [0.15, 0.2) is 35.4 Å². The van der Waals surface area contributed by atoms with Gasteiger partial charge < -0.3 is 10.2 Å². The van der Waals surface area contributed by atoms with Gasteiger partial charge in [0.1, 0.15) is 0 Å². The summed E-state index contributed by atoms with van der Waals surface area (Å²) in [5, 5.41) is 17.9. The van der Waals surface area contributed by atoms with E-state index in [1.807, 2.05) is 0 Å². The maximum Gasteiger partial charge on any atom is 0.332 e. The number of rotatable bonds is 7. The Morgan fingerprint density at radius 3 is 1.33 bits per heavy atom. The van der Waals surface area contributed by atoms with Crippen LogP contribution in [-0.4, -0.2) is 22.2 Å². The van der Waals surface area contributed by atoms with Gasteiger partial charge in [-0.2, -0.15) is 17.6 Å². The summed E-state index contributed by atoms with van der Waals surface area (Å²) in [5.74, 6) is -31.0. The molecule has 0 saturated carbocycles. The number of halogens is 10. The Morgan fingerprint density at radius 1 is 0.667 bits per heavy atom. The van der Waals surface area contributed by atoms with Gasteiger partial charge in [0.15, 0.2) is 34.9 Å². The highest BCUT2D eigenvalue weighted by Gasteiger charge is 2.57. The minimum Gasteiger partial charge on any atom is -0.481 e. The van der Waals surface area contributed by atoms with Crippen molar-refractivity contribution in [1.29, 1.82) is 0 Å². The van der Waals surface area contributed by atoms with Crippen LogP contribution in [0, 0.1) is 34.9 Å². The van der Waals surface area contributed by atoms with E-state index in [4.69, 9.17) is 10.2 Å². The molecule has 0 unspecified atom stereocenters. The number of carboxylic acid groups (broad SMARTS) is 2. The zero-order chi connectivity index (χ0) is 25.5. The molecule has 14 heteroatoms. The lowest BCUT2D eigenvalue weighted by molar-refractivity contribution is -0.140. The molecule has 4 nitrogen and oxygen atoms in total. The number of aliphatic carboxylic acids is 2. The zero-order valence-electron chi connectivity index (χ0n) is 15.5. The largest absolute Gasteiger partial charge is 0.481 e. The third-order valence-corrected chi connectivity index (χ3v) is 4.26. The molecule has 0 fully saturated rings. The molecule has 0 aliphatic heterocycles. The zero-order valence-corrected chi connectivity index (χ0v) is 15.5. The topological polar surface area (TPSA) is 74.6 Å². The SMILES string of the molecule is O=C(O)CC(C(=O)O)=C(C(F)(F)c1ccc(F)c(F)c1F)C(F)(F)c1ccc(F)c(F)c1F. The van der Waals surface area contributed by atoms with E-state index in [2.05, 4.69) is 0 Å². The van der Waals surface area contributed by atoms with Gasteiger partial charge in [-0.3, -0.25) is 4.79 Å². The molecule has 0 saturated heterocycles. The van der Waals surface area contributed by atoms with E-state index in [0.717, 1.165) is 0 Å². The molecule has 33 heavy (non-hydrogen) atoms. The summed E-state index contributed by atoms with van der Waals surface area (Å²) in [6, 6.07) is -0.752. The van der Waals surface area contributed by atoms with Crippen LogP contribution < -0.4 is 0 Å². The van der Waals surface area contributed by atoms with E-state index in [-0.39, 0.29) is 24.3 Å². The number of alkyl halides is 4. The normalized spacial score (nSPS) is 11.9. The third-order valence-electron chi connectivity index (χ3n) is 4.26. The lowest BCUT2D eigenvalue weighted by Gasteiger charge is -2.30. The fourth-order valence-electron chi connectivity index (χ4n) is 2.80. The second-order valence-electron chi connectivity index (χ2n) is 6.32. The molecule has 2 rings (SSSR count). The Morgan fingerprint density at radius 2 is 1.03 bits per heavy atom. The summed E-state index contributed by atoms with van der Waals surface area (Å²) in [6.07, 6.45) is -2.08. The van der Waals surface area contributed by atoms with Crippen LogP contribution in [0.2, 0.25) is 0 Å². The fraction of sp³-hybridized carbons (Fsp3) is 0.158. The quantitative estimate of drug-likeness (QED) is 0.316. The van der Waals surface area contributed by atoms with E-state index in [1.54, 1.807) is 0 Å². The molecule has 0 radical (unpaired) electrons. The standard InChI is InChI=1S/C19H8F10O4/c20-9-3-1-7(12(22)14(9)24)18(26,27)16(6(17(32)33)5-11(30)31)19(28,29)8-2-4-10(21)15(25)13(8)23/h1-4H,5H2,(H,30,31)(H,32,33). The van der Waals surface area contributed by atoms with Gasteiger partial charge >= 0.3 is 23.8 Å². The van der Waals surface area contributed by atoms with Crippen molar-refractivity contribution in [3.8, 4) is 0 Å². The van der Waals surface area contributed by atoms with Gasteiger partial charge in [0.05, 0.1) is 28.7 Å². The Bertz CT molecular complexity index is 1100. The van der Waals surface area contributed by atoms with Crippen molar-refractivity contribution < 1.29 is 63.7 Å². The summed E-state index contributed by atoms with van der Waals surface area (Å²) in [7, 11) is 0. The van der Waals surface area contributed by atoms with Gasteiger partial charge in [-0.1, -0.05) is 0 Å². The van der Waals surface area contributed by atoms with Crippen LogP contribution in [0.4, 0.5) is 43.9 Å². The molecule has 178 valence electrons. The van der Waals surface area contributed by atoms with Crippen molar-refractivity contribution in [2.24, 2.45) is 0 Å². The molecule has 0 aliphatic rings. The Labute approximate surface area is 176 Å². The highest BCUT2D eigenvalue weighted by Crippen LogP contribution is 2.52. The minimum absolute atomic E-state index is 0.132. The average Bonchev–Trinajstić information content (AvgIpc) is 2.68. The van der Waals surface area contributed by atoms with Crippen molar-refractivity contribution in [3.05, 3.63) is 81.4 Å². The Hall–Kier alpha value is -3.58. The van der Waals surface area contributed by atoms with Gasteiger partial charge in [0.2, 0.25) is 0 Å². The van der Waals surface area contributed by atoms with Crippen LogP contribution in [0.3, 0.4) is 0 Å². The molecule has 0 bridgehead atoms. The van der Waals surface area contributed by atoms with Crippen LogP contribution >= 0.6 is 0 Å². The summed E-state index contributed by atoms with van der Waals surface area (Å²) in [4.78, 5) is 22.3. The summed E-state index contributed by atoms with van der Waals surface area (Å²) in [5.41, 5.74) is -10.2. The molecule has 0 aromatic heterocycles. The first-order chi connectivity index (χ1) is 15.0. The van der Waals surface area contributed by atoms with Crippen LogP contribution in [0.1, 0.15) is 17.5 Å². The third kappa shape index (κ3) is 4.50. The molecule has 0 aliphatic carbocycles. The van der Waals surface area contributed by atoms with Crippen LogP contribution in [0.25, 0.3) is 0 Å². The second-order valence-corrected chi connectivity index (χ2v) is 6.32. The summed E-state index contributed by atoms with van der Waals surface area (Å²) < 4.78 is 142. The van der Waals surface area contributed by atoms with Gasteiger partial charge in [0.25, 0.3) is 0 Å². The highest BCUT2D eigenvalue weighted by atomic mass is 19.3. The lowest BCUT2D eigenvalue weighted by atomic mass is 9.85. The average molecular weight is 490 g/mol. The maximum atomic E-state index is 15.1. The molecular formula is C19H8F10O4. The molecule has 2 aromatic rings. The Balaban J connectivity index is 3.03.